The van der Waals surface area contributed by atoms with Crippen molar-refractivity contribution in [3.8, 4) is 0 Å². The number of aliphatic carboxylic acids is 1. The van der Waals surface area contributed by atoms with Gasteiger partial charge in [0.25, 0.3) is 0 Å². The molecular formula is C13H16FNO3. The molecule has 0 spiro atoms. The molecule has 0 saturated carbocycles. The number of carbonyl (C=O) groups is 2. The van der Waals surface area contributed by atoms with Crippen LogP contribution in [0.4, 0.5) is 4.39 Å². The molecule has 5 heteroatoms. The van der Waals surface area contributed by atoms with E-state index in [2.05, 4.69) is 5.32 Å². The maximum atomic E-state index is 12.8. The molecule has 0 aromatic heterocycles. The molecule has 0 radical (unpaired) electrons. The van der Waals surface area contributed by atoms with E-state index < -0.39 is 17.7 Å². The first-order valence-electron chi connectivity index (χ1n) is 5.67. The zero-order valence-corrected chi connectivity index (χ0v) is 10.3. The highest BCUT2D eigenvalue weighted by Gasteiger charge is 2.23. The Bertz CT molecular complexity index is 428. The number of hydrogen-bond acceptors (Lipinski definition) is 2. The summed E-state index contributed by atoms with van der Waals surface area (Å²) < 4.78 is 12.8. The minimum atomic E-state index is -1.10. The first-order chi connectivity index (χ1) is 8.40. The van der Waals surface area contributed by atoms with Gasteiger partial charge in [0, 0.05) is 12.5 Å². The van der Waals surface area contributed by atoms with Gasteiger partial charge < -0.3 is 10.4 Å². The minimum absolute atomic E-state index is 0.0415. The molecule has 0 aliphatic carbocycles. The standard InChI is InChI=1S/C13H16FNO3/c1-8(2)15-12(16)7-11(13(17)18)9-3-5-10(14)6-4-9/h3-6,8,11H,7H2,1-2H3,(H,15,16)(H,17,18). The molecule has 1 amide bonds. The summed E-state index contributed by atoms with van der Waals surface area (Å²) in [6.45, 7) is 3.59. The second-order valence-electron chi connectivity index (χ2n) is 4.37. The largest absolute Gasteiger partial charge is 0.481 e. The number of carbonyl (C=O) groups excluding carboxylic acids is 1. The highest BCUT2D eigenvalue weighted by atomic mass is 19.1. The Morgan fingerprint density at radius 2 is 1.83 bits per heavy atom. The van der Waals surface area contributed by atoms with E-state index in [1.807, 2.05) is 0 Å². The third-order valence-corrected chi connectivity index (χ3v) is 2.41. The zero-order chi connectivity index (χ0) is 13.7. The van der Waals surface area contributed by atoms with Crippen molar-refractivity contribution in [2.45, 2.75) is 32.2 Å². The fraction of sp³-hybridized carbons (Fsp3) is 0.385. The Kier molecular flexibility index (Phi) is 4.83. The highest BCUT2D eigenvalue weighted by molar-refractivity contribution is 5.85. The van der Waals surface area contributed by atoms with Crippen LogP contribution < -0.4 is 5.32 Å². The second kappa shape index (κ2) is 6.14. The van der Waals surface area contributed by atoms with Crippen molar-refractivity contribution in [2.75, 3.05) is 0 Å². The molecule has 4 nitrogen and oxygen atoms in total. The highest BCUT2D eigenvalue weighted by Crippen LogP contribution is 2.20. The molecule has 1 aromatic carbocycles. The van der Waals surface area contributed by atoms with E-state index in [1.54, 1.807) is 13.8 Å². The van der Waals surface area contributed by atoms with E-state index in [4.69, 9.17) is 5.11 Å². The van der Waals surface area contributed by atoms with Crippen molar-refractivity contribution in [3.05, 3.63) is 35.6 Å². The average molecular weight is 253 g/mol. The van der Waals surface area contributed by atoms with Crippen LogP contribution in [-0.4, -0.2) is 23.0 Å². The van der Waals surface area contributed by atoms with E-state index in [1.165, 1.54) is 24.3 Å². The van der Waals surface area contributed by atoms with Gasteiger partial charge in [0.1, 0.15) is 5.82 Å². The predicted molar refractivity (Wildman–Crippen MR) is 64.7 cm³/mol. The van der Waals surface area contributed by atoms with Crippen LogP contribution in [0, 0.1) is 5.82 Å². The normalized spacial score (nSPS) is 12.2. The molecule has 0 saturated heterocycles. The summed E-state index contributed by atoms with van der Waals surface area (Å²) in [5.74, 6) is -2.82. The molecule has 1 aromatic rings. The van der Waals surface area contributed by atoms with Gasteiger partial charge in [-0.2, -0.15) is 0 Å². The van der Waals surface area contributed by atoms with Gasteiger partial charge in [0.2, 0.25) is 5.91 Å². The van der Waals surface area contributed by atoms with Gasteiger partial charge in [-0.3, -0.25) is 9.59 Å². The third kappa shape index (κ3) is 4.16. The number of carboxylic acid groups (broad SMARTS) is 1. The van der Waals surface area contributed by atoms with Crippen molar-refractivity contribution in [1.29, 1.82) is 0 Å². The van der Waals surface area contributed by atoms with Crippen molar-refractivity contribution < 1.29 is 19.1 Å². The van der Waals surface area contributed by atoms with E-state index in [0.29, 0.717) is 5.56 Å². The van der Waals surface area contributed by atoms with Crippen LogP contribution in [0.25, 0.3) is 0 Å². The molecule has 98 valence electrons. The Morgan fingerprint density at radius 3 is 2.28 bits per heavy atom. The van der Waals surface area contributed by atoms with Crippen LogP contribution in [0.3, 0.4) is 0 Å². The number of amides is 1. The van der Waals surface area contributed by atoms with Gasteiger partial charge in [0.15, 0.2) is 0 Å². The van der Waals surface area contributed by atoms with Crippen molar-refractivity contribution >= 4 is 11.9 Å². The first kappa shape index (κ1) is 14.2. The quantitative estimate of drug-likeness (QED) is 0.842. The lowest BCUT2D eigenvalue weighted by molar-refractivity contribution is -0.140. The Balaban J connectivity index is 2.80. The number of nitrogens with one attached hydrogen (secondary N) is 1. The molecule has 1 atom stereocenters. The Morgan fingerprint density at radius 1 is 1.28 bits per heavy atom. The fourth-order valence-corrected chi connectivity index (χ4v) is 1.61. The van der Waals surface area contributed by atoms with Crippen molar-refractivity contribution in [3.63, 3.8) is 0 Å². The number of halogens is 1. The summed E-state index contributed by atoms with van der Waals surface area (Å²) in [5, 5.41) is 11.7. The molecule has 1 unspecified atom stereocenters. The molecule has 0 aliphatic rings. The number of rotatable bonds is 5. The summed E-state index contributed by atoms with van der Waals surface area (Å²) in [6.07, 6.45) is -0.154. The Labute approximate surface area is 105 Å². The molecule has 1 rings (SSSR count). The van der Waals surface area contributed by atoms with Crippen LogP contribution in [0.15, 0.2) is 24.3 Å². The van der Waals surface area contributed by atoms with Crippen LogP contribution in [0.1, 0.15) is 31.7 Å². The molecule has 0 heterocycles. The van der Waals surface area contributed by atoms with E-state index >= 15 is 0 Å². The van der Waals surface area contributed by atoms with Gasteiger partial charge >= 0.3 is 5.97 Å². The van der Waals surface area contributed by atoms with E-state index in [0.717, 1.165) is 0 Å². The monoisotopic (exact) mass is 253 g/mol. The first-order valence-corrected chi connectivity index (χ1v) is 5.67. The summed E-state index contributed by atoms with van der Waals surface area (Å²) in [6, 6.07) is 5.10. The average Bonchev–Trinajstić information content (AvgIpc) is 2.26. The maximum absolute atomic E-state index is 12.8. The second-order valence-corrected chi connectivity index (χ2v) is 4.37. The van der Waals surface area contributed by atoms with Crippen LogP contribution in [0.5, 0.6) is 0 Å². The van der Waals surface area contributed by atoms with Crippen molar-refractivity contribution in [1.82, 2.24) is 5.32 Å². The van der Waals surface area contributed by atoms with Crippen molar-refractivity contribution in [2.24, 2.45) is 0 Å². The molecule has 0 aliphatic heterocycles. The molecule has 0 bridgehead atoms. The van der Waals surface area contributed by atoms with Gasteiger partial charge in [-0.1, -0.05) is 12.1 Å². The lowest BCUT2D eigenvalue weighted by atomic mass is 9.95. The molecule has 2 N–H and O–H groups in total. The topological polar surface area (TPSA) is 66.4 Å². The summed E-state index contributed by atoms with van der Waals surface area (Å²) in [7, 11) is 0. The summed E-state index contributed by atoms with van der Waals surface area (Å²) >= 11 is 0. The molecule has 18 heavy (non-hydrogen) atoms. The molecular weight excluding hydrogens is 237 g/mol. The van der Waals surface area contributed by atoms with Gasteiger partial charge in [0.05, 0.1) is 5.92 Å². The predicted octanol–water partition coefficient (Wildman–Crippen LogP) is 1.91. The zero-order valence-electron chi connectivity index (χ0n) is 10.3. The van der Waals surface area contributed by atoms with Crippen LogP contribution in [-0.2, 0) is 9.59 Å². The van der Waals surface area contributed by atoms with Crippen LogP contribution >= 0.6 is 0 Å². The van der Waals surface area contributed by atoms with Gasteiger partial charge in [-0.15, -0.1) is 0 Å². The van der Waals surface area contributed by atoms with E-state index in [-0.39, 0.29) is 18.4 Å². The van der Waals surface area contributed by atoms with Gasteiger partial charge in [-0.05, 0) is 31.5 Å². The fourth-order valence-electron chi connectivity index (χ4n) is 1.61. The smallest absolute Gasteiger partial charge is 0.311 e. The number of carboxylic acids is 1. The number of benzene rings is 1. The van der Waals surface area contributed by atoms with Gasteiger partial charge in [-0.25, -0.2) is 4.39 Å². The lowest BCUT2D eigenvalue weighted by Crippen LogP contribution is -2.32. The molecule has 0 fully saturated rings. The summed E-state index contributed by atoms with van der Waals surface area (Å²) in [5.41, 5.74) is 0.419. The van der Waals surface area contributed by atoms with E-state index in [9.17, 15) is 14.0 Å². The maximum Gasteiger partial charge on any atom is 0.311 e. The summed E-state index contributed by atoms with van der Waals surface area (Å²) in [4.78, 5) is 22.7. The third-order valence-electron chi connectivity index (χ3n) is 2.41. The lowest BCUT2D eigenvalue weighted by Gasteiger charge is -2.14. The number of hydrogen-bond donors (Lipinski definition) is 2. The SMILES string of the molecule is CC(C)NC(=O)CC(C(=O)O)c1ccc(F)cc1. The minimum Gasteiger partial charge on any atom is -0.481 e. The Hall–Kier alpha value is -1.91. The van der Waals surface area contributed by atoms with Crippen LogP contribution in [0.2, 0.25) is 0 Å².